The van der Waals surface area contributed by atoms with Crippen molar-refractivity contribution < 1.29 is 14.7 Å². The van der Waals surface area contributed by atoms with Crippen LogP contribution in [0.2, 0.25) is 0 Å². The number of likely N-dealkylation sites (tertiary alicyclic amines) is 1. The van der Waals surface area contributed by atoms with Crippen LogP contribution in [0.15, 0.2) is 54.6 Å². The van der Waals surface area contributed by atoms with Crippen molar-refractivity contribution in [3.63, 3.8) is 0 Å². The molecule has 0 spiro atoms. The lowest BCUT2D eigenvalue weighted by molar-refractivity contribution is -0.312. The van der Waals surface area contributed by atoms with Gasteiger partial charge < -0.3 is 14.8 Å². The zero-order valence-corrected chi connectivity index (χ0v) is 12.8. The highest BCUT2D eigenvalue weighted by atomic mass is 16.4. The number of benzene rings is 2. The highest BCUT2D eigenvalue weighted by Gasteiger charge is 2.24. The summed E-state index contributed by atoms with van der Waals surface area (Å²) in [6.07, 6.45) is 0.937. The van der Waals surface area contributed by atoms with Gasteiger partial charge in [0.1, 0.15) is 0 Å². The fourth-order valence-corrected chi connectivity index (χ4v) is 2.94. The van der Waals surface area contributed by atoms with Crippen LogP contribution in [0.3, 0.4) is 0 Å². The van der Waals surface area contributed by atoms with Crippen molar-refractivity contribution in [3.8, 4) is 11.1 Å². The van der Waals surface area contributed by atoms with E-state index >= 15 is 0 Å². The van der Waals surface area contributed by atoms with E-state index in [1.54, 1.807) is 4.90 Å². The number of carbonyl (C=O) groups excluding carboxylic acids is 2. The third kappa shape index (κ3) is 3.42. The first-order chi connectivity index (χ1) is 11.1. The summed E-state index contributed by atoms with van der Waals surface area (Å²) in [5.41, 5.74) is 2.82. The van der Waals surface area contributed by atoms with E-state index in [2.05, 4.69) is 0 Å². The van der Waals surface area contributed by atoms with Crippen molar-refractivity contribution in [2.45, 2.75) is 12.8 Å². The zero-order valence-electron chi connectivity index (χ0n) is 12.8. The van der Waals surface area contributed by atoms with Crippen molar-refractivity contribution >= 4 is 11.9 Å². The van der Waals surface area contributed by atoms with E-state index in [0.717, 1.165) is 11.1 Å². The number of carbonyl (C=O) groups is 2. The number of rotatable bonds is 3. The lowest BCUT2D eigenvalue weighted by atomic mass is 9.96. The molecule has 118 valence electrons. The van der Waals surface area contributed by atoms with E-state index in [9.17, 15) is 14.7 Å². The topological polar surface area (TPSA) is 60.4 Å². The monoisotopic (exact) mass is 308 g/mol. The molecule has 0 saturated carbocycles. The van der Waals surface area contributed by atoms with E-state index in [0.29, 0.717) is 31.5 Å². The van der Waals surface area contributed by atoms with E-state index in [4.69, 9.17) is 0 Å². The molecular weight excluding hydrogens is 290 g/mol. The number of amides is 1. The van der Waals surface area contributed by atoms with Crippen LogP contribution >= 0.6 is 0 Å². The Bertz CT molecular complexity index is 686. The van der Waals surface area contributed by atoms with Crippen LogP contribution in [0.4, 0.5) is 0 Å². The molecule has 23 heavy (non-hydrogen) atoms. The zero-order chi connectivity index (χ0) is 16.2. The van der Waals surface area contributed by atoms with Crippen molar-refractivity contribution in [2.75, 3.05) is 13.1 Å². The molecule has 0 N–H and O–H groups in total. The summed E-state index contributed by atoms with van der Waals surface area (Å²) in [5, 5.41) is 10.9. The first-order valence-corrected chi connectivity index (χ1v) is 7.81. The van der Waals surface area contributed by atoms with Gasteiger partial charge in [-0.05, 0) is 36.1 Å². The second kappa shape index (κ2) is 6.65. The number of aliphatic carboxylic acids is 1. The van der Waals surface area contributed by atoms with Gasteiger partial charge in [0.15, 0.2) is 0 Å². The number of hydrogen-bond acceptors (Lipinski definition) is 3. The Morgan fingerprint density at radius 1 is 0.870 bits per heavy atom. The lowest BCUT2D eigenvalue weighted by Gasteiger charge is -2.32. The van der Waals surface area contributed by atoms with Crippen LogP contribution in [-0.4, -0.2) is 29.9 Å². The molecule has 0 bridgehead atoms. The Balaban J connectivity index is 1.68. The van der Waals surface area contributed by atoms with E-state index in [1.807, 2.05) is 54.6 Å². The molecular formula is C19H18NO3-. The largest absolute Gasteiger partial charge is 0.550 e. The van der Waals surface area contributed by atoms with Crippen molar-refractivity contribution in [2.24, 2.45) is 5.92 Å². The number of piperidine rings is 1. The van der Waals surface area contributed by atoms with Crippen LogP contribution < -0.4 is 5.11 Å². The predicted molar refractivity (Wildman–Crippen MR) is 85.5 cm³/mol. The molecule has 1 fully saturated rings. The van der Waals surface area contributed by atoms with E-state index in [-0.39, 0.29) is 5.91 Å². The molecule has 1 aliphatic heterocycles. The summed E-state index contributed by atoms with van der Waals surface area (Å²) in [6, 6.07) is 17.5. The SMILES string of the molecule is O=C([O-])C1CCN(C(=O)c2ccc(-c3ccccc3)cc2)CC1. The number of carboxylic acids is 1. The van der Waals surface area contributed by atoms with Crippen LogP contribution in [0.5, 0.6) is 0 Å². The van der Waals surface area contributed by atoms with Gasteiger partial charge in [-0.15, -0.1) is 0 Å². The predicted octanol–water partition coefficient (Wildman–Crippen LogP) is 1.96. The molecule has 4 nitrogen and oxygen atoms in total. The van der Waals surface area contributed by atoms with E-state index in [1.165, 1.54) is 0 Å². The van der Waals surface area contributed by atoms with Crippen LogP contribution in [0.1, 0.15) is 23.2 Å². The number of nitrogens with zero attached hydrogens (tertiary/aromatic N) is 1. The van der Waals surface area contributed by atoms with E-state index < -0.39 is 11.9 Å². The smallest absolute Gasteiger partial charge is 0.253 e. The van der Waals surface area contributed by atoms with Gasteiger partial charge in [-0.25, -0.2) is 0 Å². The van der Waals surface area contributed by atoms with Gasteiger partial charge in [0.25, 0.3) is 5.91 Å². The fourth-order valence-electron chi connectivity index (χ4n) is 2.94. The maximum absolute atomic E-state index is 12.5. The first-order valence-electron chi connectivity index (χ1n) is 7.81. The summed E-state index contributed by atoms with van der Waals surface area (Å²) in [4.78, 5) is 25.1. The van der Waals surface area contributed by atoms with Crippen LogP contribution in [0, 0.1) is 5.92 Å². The Hall–Kier alpha value is -2.62. The molecule has 4 heteroatoms. The fraction of sp³-hybridized carbons (Fsp3) is 0.263. The minimum absolute atomic E-state index is 0.0404. The summed E-state index contributed by atoms with van der Waals surface area (Å²) < 4.78 is 0. The molecule has 2 aromatic rings. The molecule has 3 rings (SSSR count). The highest BCUT2D eigenvalue weighted by molar-refractivity contribution is 5.94. The number of carboxylic acid groups (broad SMARTS) is 1. The lowest BCUT2D eigenvalue weighted by Crippen LogP contribution is -2.43. The normalized spacial score (nSPS) is 15.4. The minimum Gasteiger partial charge on any atom is -0.550 e. The third-order valence-electron chi connectivity index (χ3n) is 4.35. The Kier molecular flexibility index (Phi) is 4.42. The summed E-state index contributed by atoms with van der Waals surface area (Å²) >= 11 is 0. The first kappa shape index (κ1) is 15.3. The Morgan fingerprint density at radius 3 is 2.00 bits per heavy atom. The average Bonchev–Trinajstić information content (AvgIpc) is 2.62. The second-order valence-electron chi connectivity index (χ2n) is 5.83. The van der Waals surface area contributed by atoms with Gasteiger partial charge in [-0.2, -0.15) is 0 Å². The van der Waals surface area contributed by atoms with Gasteiger partial charge in [0.05, 0.1) is 0 Å². The number of hydrogen-bond donors (Lipinski definition) is 0. The molecule has 1 aliphatic rings. The molecule has 0 radical (unpaired) electrons. The Labute approximate surface area is 135 Å². The Morgan fingerprint density at radius 2 is 1.43 bits per heavy atom. The van der Waals surface area contributed by atoms with Gasteiger partial charge in [0, 0.05) is 30.5 Å². The van der Waals surface area contributed by atoms with Crippen molar-refractivity contribution in [1.82, 2.24) is 4.90 Å². The van der Waals surface area contributed by atoms with Gasteiger partial charge in [-0.3, -0.25) is 4.79 Å². The minimum atomic E-state index is -1.01. The van der Waals surface area contributed by atoms with Crippen molar-refractivity contribution in [3.05, 3.63) is 60.2 Å². The van der Waals surface area contributed by atoms with Crippen LogP contribution in [-0.2, 0) is 4.79 Å². The molecule has 2 aromatic carbocycles. The standard InChI is InChI=1S/C19H19NO3/c21-18(20-12-10-17(11-13-20)19(22)23)16-8-6-15(7-9-16)14-4-2-1-3-5-14/h1-9,17H,10-13H2,(H,22,23)/p-1. The average molecular weight is 308 g/mol. The second-order valence-corrected chi connectivity index (χ2v) is 5.83. The van der Waals surface area contributed by atoms with Gasteiger partial charge >= 0.3 is 0 Å². The molecule has 1 amide bonds. The van der Waals surface area contributed by atoms with Crippen LogP contribution in [0.25, 0.3) is 11.1 Å². The molecule has 1 saturated heterocycles. The maximum Gasteiger partial charge on any atom is 0.253 e. The van der Waals surface area contributed by atoms with Gasteiger partial charge in [-0.1, -0.05) is 42.5 Å². The highest BCUT2D eigenvalue weighted by Crippen LogP contribution is 2.22. The maximum atomic E-state index is 12.5. The molecule has 0 aliphatic carbocycles. The van der Waals surface area contributed by atoms with Gasteiger partial charge in [0.2, 0.25) is 0 Å². The summed E-state index contributed by atoms with van der Waals surface area (Å²) in [7, 11) is 0. The third-order valence-corrected chi connectivity index (χ3v) is 4.35. The molecule has 0 atom stereocenters. The molecule has 0 unspecified atom stereocenters. The summed E-state index contributed by atoms with van der Waals surface area (Å²) in [5.74, 6) is -1.48. The molecule has 1 heterocycles. The summed E-state index contributed by atoms with van der Waals surface area (Å²) in [6.45, 7) is 0.940. The van der Waals surface area contributed by atoms with Crippen molar-refractivity contribution in [1.29, 1.82) is 0 Å². The molecule has 0 aromatic heterocycles. The quantitative estimate of drug-likeness (QED) is 0.871.